The van der Waals surface area contributed by atoms with E-state index in [1.807, 2.05) is 7.05 Å². The van der Waals surface area contributed by atoms with Crippen molar-refractivity contribution in [2.75, 3.05) is 13.6 Å². The molecule has 9 heteroatoms. The molecule has 1 fully saturated rings. The van der Waals surface area contributed by atoms with Crippen molar-refractivity contribution in [1.82, 2.24) is 20.8 Å². The van der Waals surface area contributed by atoms with Gasteiger partial charge in [-0.25, -0.2) is 4.79 Å². The molecule has 6 nitrogen and oxygen atoms in total. The van der Waals surface area contributed by atoms with Gasteiger partial charge in [0, 0.05) is 36.3 Å². The van der Waals surface area contributed by atoms with E-state index in [0.717, 1.165) is 17.8 Å². The first kappa shape index (κ1) is 19.7. The summed E-state index contributed by atoms with van der Waals surface area (Å²) in [6.45, 7) is 3.61. The second-order valence-corrected chi connectivity index (χ2v) is 6.53. The Labute approximate surface area is 144 Å². The third-order valence-corrected chi connectivity index (χ3v) is 4.49. The number of nitrogens with zero attached hydrogens (tertiary/aromatic N) is 1. The van der Waals surface area contributed by atoms with Crippen LogP contribution in [0.5, 0.6) is 0 Å². The zero-order valence-corrected chi connectivity index (χ0v) is 14.4. The van der Waals surface area contributed by atoms with E-state index in [1.165, 1.54) is 0 Å². The maximum absolute atomic E-state index is 12.3. The SMILES string of the molecule is CNCC(C)NCc1cn[nH]c1C1CCC(OC(=O)C(F)(F)F)CC1. The summed E-state index contributed by atoms with van der Waals surface area (Å²) in [7, 11) is 1.89. The van der Waals surface area contributed by atoms with Gasteiger partial charge in [-0.2, -0.15) is 18.3 Å². The minimum atomic E-state index is -4.93. The van der Waals surface area contributed by atoms with Crippen molar-refractivity contribution in [3.8, 4) is 0 Å². The molecular formula is C16H25F3N4O2. The van der Waals surface area contributed by atoms with Crippen molar-refractivity contribution < 1.29 is 22.7 Å². The van der Waals surface area contributed by atoms with Gasteiger partial charge in [0.2, 0.25) is 0 Å². The normalized spacial score (nSPS) is 22.6. The molecule has 1 aromatic heterocycles. The molecule has 2 rings (SSSR count). The van der Waals surface area contributed by atoms with Crippen LogP contribution in [-0.4, -0.2) is 48.1 Å². The molecule has 3 N–H and O–H groups in total. The maximum Gasteiger partial charge on any atom is 0.490 e. The van der Waals surface area contributed by atoms with Crippen LogP contribution in [0.1, 0.15) is 49.8 Å². The fraction of sp³-hybridized carbons (Fsp3) is 0.750. The second-order valence-electron chi connectivity index (χ2n) is 6.53. The highest BCUT2D eigenvalue weighted by molar-refractivity contribution is 5.75. The summed E-state index contributed by atoms with van der Waals surface area (Å²) < 4.78 is 41.3. The van der Waals surface area contributed by atoms with Crippen molar-refractivity contribution >= 4 is 5.97 Å². The lowest BCUT2D eigenvalue weighted by atomic mass is 9.84. The number of likely N-dealkylation sites (N-methyl/N-ethyl adjacent to an activating group) is 1. The number of ether oxygens (including phenoxy) is 1. The number of rotatable bonds is 7. The Kier molecular flexibility index (Phi) is 6.83. The van der Waals surface area contributed by atoms with Gasteiger partial charge in [-0.3, -0.25) is 5.10 Å². The van der Waals surface area contributed by atoms with Gasteiger partial charge in [-0.05, 0) is 39.7 Å². The Morgan fingerprint density at radius 3 is 2.68 bits per heavy atom. The molecule has 0 bridgehead atoms. The Balaban J connectivity index is 1.85. The third kappa shape index (κ3) is 5.71. The molecule has 1 atom stereocenters. The lowest BCUT2D eigenvalue weighted by Gasteiger charge is -2.28. The molecule has 142 valence electrons. The Morgan fingerprint density at radius 2 is 2.08 bits per heavy atom. The number of halogens is 3. The molecule has 0 saturated heterocycles. The largest absolute Gasteiger partial charge is 0.490 e. The van der Waals surface area contributed by atoms with Crippen molar-refractivity contribution in [3.05, 3.63) is 17.5 Å². The van der Waals surface area contributed by atoms with Crippen LogP contribution in [0, 0.1) is 0 Å². The number of aromatic amines is 1. The minimum absolute atomic E-state index is 0.194. The molecule has 25 heavy (non-hydrogen) atoms. The number of esters is 1. The summed E-state index contributed by atoms with van der Waals surface area (Å²) in [5, 5.41) is 13.6. The van der Waals surface area contributed by atoms with Crippen LogP contribution in [0.2, 0.25) is 0 Å². The van der Waals surface area contributed by atoms with Crippen molar-refractivity contribution in [2.24, 2.45) is 0 Å². The molecule has 1 saturated carbocycles. The smallest absolute Gasteiger partial charge is 0.456 e. The highest BCUT2D eigenvalue weighted by atomic mass is 19.4. The van der Waals surface area contributed by atoms with Crippen molar-refractivity contribution in [3.63, 3.8) is 0 Å². The minimum Gasteiger partial charge on any atom is -0.456 e. The Hall–Kier alpha value is -1.61. The van der Waals surface area contributed by atoms with Crippen LogP contribution in [0.3, 0.4) is 0 Å². The Bertz CT molecular complexity index is 554. The van der Waals surface area contributed by atoms with Gasteiger partial charge in [-0.1, -0.05) is 0 Å². The van der Waals surface area contributed by atoms with Crippen LogP contribution in [-0.2, 0) is 16.1 Å². The third-order valence-electron chi connectivity index (χ3n) is 4.49. The van der Waals surface area contributed by atoms with E-state index in [1.54, 1.807) is 6.20 Å². The van der Waals surface area contributed by atoms with Crippen LogP contribution >= 0.6 is 0 Å². The van der Waals surface area contributed by atoms with Crippen LogP contribution in [0.15, 0.2) is 6.20 Å². The molecule has 1 unspecified atom stereocenters. The van der Waals surface area contributed by atoms with Gasteiger partial charge in [0.1, 0.15) is 6.10 Å². The summed E-state index contributed by atoms with van der Waals surface area (Å²) in [4.78, 5) is 10.9. The summed E-state index contributed by atoms with van der Waals surface area (Å²) in [5.74, 6) is -1.90. The first-order valence-corrected chi connectivity index (χ1v) is 8.49. The van der Waals surface area contributed by atoms with E-state index in [9.17, 15) is 18.0 Å². The second kappa shape index (κ2) is 8.66. The van der Waals surface area contributed by atoms with Gasteiger partial charge in [0.05, 0.1) is 6.20 Å². The lowest BCUT2D eigenvalue weighted by molar-refractivity contribution is -0.206. The number of hydrogen-bond donors (Lipinski definition) is 3. The zero-order chi connectivity index (χ0) is 18.4. The molecule has 1 heterocycles. The van der Waals surface area contributed by atoms with Gasteiger partial charge in [0.15, 0.2) is 0 Å². The number of hydrogen-bond acceptors (Lipinski definition) is 5. The first-order chi connectivity index (χ1) is 11.8. The molecule has 0 aromatic carbocycles. The van der Waals surface area contributed by atoms with E-state index < -0.39 is 18.2 Å². The van der Waals surface area contributed by atoms with E-state index in [2.05, 4.69) is 32.5 Å². The number of aromatic nitrogens is 2. The lowest BCUT2D eigenvalue weighted by Crippen LogP contribution is -2.34. The van der Waals surface area contributed by atoms with E-state index in [-0.39, 0.29) is 5.92 Å². The van der Waals surface area contributed by atoms with Gasteiger partial charge < -0.3 is 15.4 Å². The number of H-pyrrole nitrogens is 1. The highest BCUT2D eigenvalue weighted by Gasteiger charge is 2.42. The number of carbonyl (C=O) groups is 1. The van der Waals surface area contributed by atoms with Gasteiger partial charge >= 0.3 is 12.1 Å². The highest BCUT2D eigenvalue weighted by Crippen LogP contribution is 2.35. The topological polar surface area (TPSA) is 79.0 Å². The fourth-order valence-corrected chi connectivity index (χ4v) is 3.17. The van der Waals surface area contributed by atoms with Gasteiger partial charge in [-0.15, -0.1) is 0 Å². The zero-order valence-electron chi connectivity index (χ0n) is 14.4. The monoisotopic (exact) mass is 362 g/mol. The number of alkyl halides is 3. The van der Waals surface area contributed by atoms with Crippen LogP contribution < -0.4 is 10.6 Å². The predicted molar refractivity (Wildman–Crippen MR) is 86.0 cm³/mol. The molecule has 0 spiro atoms. The molecule has 1 aliphatic rings. The van der Waals surface area contributed by atoms with E-state index >= 15 is 0 Å². The van der Waals surface area contributed by atoms with Crippen molar-refractivity contribution in [1.29, 1.82) is 0 Å². The maximum atomic E-state index is 12.3. The molecular weight excluding hydrogens is 337 g/mol. The summed E-state index contributed by atoms with van der Waals surface area (Å²) >= 11 is 0. The number of carbonyl (C=O) groups excluding carboxylic acids is 1. The predicted octanol–water partition coefficient (Wildman–Crippen LogP) is 2.24. The van der Waals surface area contributed by atoms with E-state index in [4.69, 9.17) is 0 Å². The van der Waals surface area contributed by atoms with Crippen LogP contribution in [0.25, 0.3) is 0 Å². The summed E-state index contributed by atoms with van der Waals surface area (Å²) in [6.07, 6.45) is -1.63. The Morgan fingerprint density at radius 1 is 1.40 bits per heavy atom. The molecule has 0 aliphatic heterocycles. The average molecular weight is 362 g/mol. The molecule has 0 radical (unpaired) electrons. The standard InChI is InChI=1S/C16H25F3N4O2/c1-10(7-20-2)21-8-12-9-22-23-14(12)11-3-5-13(6-4-11)25-15(24)16(17,18)19/h9-11,13,20-21H,3-8H2,1-2H3,(H,22,23). The first-order valence-electron chi connectivity index (χ1n) is 8.49. The fourth-order valence-electron chi connectivity index (χ4n) is 3.17. The number of nitrogens with one attached hydrogen (secondary N) is 3. The molecule has 1 aromatic rings. The van der Waals surface area contributed by atoms with Crippen molar-refractivity contribution in [2.45, 2.75) is 63.4 Å². The average Bonchev–Trinajstić information content (AvgIpc) is 3.01. The quantitative estimate of drug-likeness (QED) is 0.649. The van der Waals surface area contributed by atoms with Gasteiger partial charge in [0.25, 0.3) is 0 Å². The summed E-state index contributed by atoms with van der Waals surface area (Å²) in [6, 6.07) is 0.310. The van der Waals surface area contributed by atoms with Crippen LogP contribution in [0.4, 0.5) is 13.2 Å². The summed E-state index contributed by atoms with van der Waals surface area (Å²) in [5.41, 5.74) is 2.09. The molecule has 1 aliphatic carbocycles. The van der Waals surface area contributed by atoms with E-state index in [0.29, 0.717) is 38.3 Å². The molecule has 0 amide bonds.